The van der Waals surface area contributed by atoms with Gasteiger partial charge in [-0.3, -0.25) is 0 Å². The minimum Gasteiger partial charge on any atom is -0.367 e. The van der Waals surface area contributed by atoms with Crippen molar-refractivity contribution in [3.05, 3.63) is 11.3 Å². The molecule has 0 radical (unpaired) electrons. The highest BCUT2D eigenvalue weighted by Crippen LogP contribution is 2.29. The van der Waals surface area contributed by atoms with Crippen LogP contribution in [-0.2, 0) is 12.8 Å². The molecule has 2 N–H and O–H groups in total. The molecule has 1 aromatic rings. The average Bonchev–Trinajstić information content (AvgIpc) is 2.69. The molecule has 3 heteroatoms. The summed E-state index contributed by atoms with van der Waals surface area (Å²) in [5.74, 6) is 2.02. The number of nitrogens with two attached hydrogens (primary N) is 1. The third-order valence-corrected chi connectivity index (χ3v) is 4.03. The van der Waals surface area contributed by atoms with E-state index in [9.17, 15) is 0 Å². The van der Waals surface area contributed by atoms with E-state index >= 15 is 0 Å². The zero-order valence-electron chi connectivity index (χ0n) is 11.7. The van der Waals surface area contributed by atoms with E-state index in [0.717, 1.165) is 30.0 Å². The van der Waals surface area contributed by atoms with Crippen LogP contribution in [0, 0.1) is 11.8 Å². The van der Waals surface area contributed by atoms with Crippen molar-refractivity contribution in [2.24, 2.45) is 11.8 Å². The van der Waals surface area contributed by atoms with E-state index in [4.69, 9.17) is 10.3 Å². The highest BCUT2D eigenvalue weighted by molar-refractivity contribution is 5.39. The molecule has 0 bridgehead atoms. The second kappa shape index (κ2) is 6.26. The van der Waals surface area contributed by atoms with E-state index in [-0.39, 0.29) is 0 Å². The third-order valence-electron chi connectivity index (χ3n) is 4.03. The first-order chi connectivity index (χ1) is 8.66. The molecule has 3 nitrogen and oxygen atoms in total. The van der Waals surface area contributed by atoms with Crippen LogP contribution in [0.2, 0.25) is 0 Å². The summed E-state index contributed by atoms with van der Waals surface area (Å²) in [6.07, 6.45) is 10.3. The molecule has 1 aliphatic carbocycles. The third kappa shape index (κ3) is 3.50. The van der Waals surface area contributed by atoms with E-state index in [1.54, 1.807) is 0 Å². The van der Waals surface area contributed by atoms with Crippen LogP contribution < -0.4 is 5.73 Å². The average molecular weight is 250 g/mol. The molecule has 1 aromatic heterocycles. The topological polar surface area (TPSA) is 52.0 Å². The Morgan fingerprint density at radius 3 is 2.67 bits per heavy atom. The molecule has 18 heavy (non-hydrogen) atoms. The minimum atomic E-state index is 0.530. The molecule has 102 valence electrons. The monoisotopic (exact) mass is 250 g/mol. The number of hydrogen-bond donors (Lipinski definition) is 1. The van der Waals surface area contributed by atoms with Crippen LogP contribution in [0.1, 0.15) is 63.6 Å². The Balaban J connectivity index is 1.91. The Kier molecular flexibility index (Phi) is 4.67. The molecule has 0 aliphatic heterocycles. The predicted octanol–water partition coefficient (Wildman–Crippen LogP) is 3.97. The van der Waals surface area contributed by atoms with Gasteiger partial charge in [-0.05, 0) is 31.1 Å². The van der Waals surface area contributed by atoms with Gasteiger partial charge >= 0.3 is 0 Å². The molecule has 1 aliphatic rings. The Morgan fingerprint density at radius 1 is 1.28 bits per heavy atom. The first-order valence-electron chi connectivity index (χ1n) is 7.39. The number of aryl methyl sites for hydroxylation is 1. The van der Waals surface area contributed by atoms with Crippen molar-refractivity contribution in [3.8, 4) is 0 Å². The summed E-state index contributed by atoms with van der Waals surface area (Å²) in [4.78, 5) is 0. The number of rotatable bonds is 5. The van der Waals surface area contributed by atoms with Crippen molar-refractivity contribution in [2.75, 3.05) is 5.73 Å². The van der Waals surface area contributed by atoms with Crippen molar-refractivity contribution in [1.29, 1.82) is 0 Å². The number of hydrogen-bond acceptors (Lipinski definition) is 3. The fourth-order valence-corrected chi connectivity index (χ4v) is 3.00. The lowest BCUT2D eigenvalue weighted by Gasteiger charge is -2.20. The van der Waals surface area contributed by atoms with Crippen molar-refractivity contribution < 1.29 is 4.52 Å². The zero-order valence-corrected chi connectivity index (χ0v) is 11.7. The van der Waals surface area contributed by atoms with E-state index in [0.29, 0.717) is 11.8 Å². The minimum absolute atomic E-state index is 0.530. The Bertz CT molecular complexity index is 365. The summed E-state index contributed by atoms with van der Waals surface area (Å²) < 4.78 is 5.16. The summed E-state index contributed by atoms with van der Waals surface area (Å²) in [6.45, 7) is 4.41. The number of nitrogens with zero attached hydrogens (tertiary/aromatic N) is 1. The largest absolute Gasteiger partial charge is 0.367 e. The first-order valence-corrected chi connectivity index (χ1v) is 7.39. The lowest BCUT2D eigenvalue weighted by atomic mass is 9.85. The van der Waals surface area contributed by atoms with Crippen molar-refractivity contribution in [2.45, 2.75) is 65.2 Å². The standard InChI is InChI=1S/C15H26N2O/c1-11(2)10-13-14(17-18-15(13)16)9-8-12-6-4-3-5-7-12/h11-12H,3-10,16H2,1-2H3. The van der Waals surface area contributed by atoms with Gasteiger partial charge in [0.1, 0.15) is 0 Å². The van der Waals surface area contributed by atoms with Crippen LogP contribution in [0.5, 0.6) is 0 Å². The number of nitrogen functional groups attached to an aromatic ring is 1. The quantitative estimate of drug-likeness (QED) is 0.860. The van der Waals surface area contributed by atoms with E-state index in [2.05, 4.69) is 19.0 Å². The highest BCUT2D eigenvalue weighted by Gasteiger charge is 2.18. The second-order valence-electron chi connectivity index (χ2n) is 6.11. The smallest absolute Gasteiger partial charge is 0.225 e. The van der Waals surface area contributed by atoms with Gasteiger partial charge in [0.2, 0.25) is 5.88 Å². The number of aromatic nitrogens is 1. The molecule has 0 saturated heterocycles. The first kappa shape index (κ1) is 13.4. The van der Waals surface area contributed by atoms with Gasteiger partial charge < -0.3 is 10.3 Å². The molecule has 2 rings (SSSR count). The van der Waals surface area contributed by atoms with Crippen LogP contribution in [0.15, 0.2) is 4.52 Å². The van der Waals surface area contributed by atoms with Crippen LogP contribution in [-0.4, -0.2) is 5.16 Å². The summed E-state index contributed by atoms with van der Waals surface area (Å²) in [7, 11) is 0. The van der Waals surface area contributed by atoms with E-state index < -0.39 is 0 Å². The molecule has 0 amide bonds. The Labute approximate surface area is 110 Å². The summed E-state index contributed by atoms with van der Waals surface area (Å²) in [5, 5.41) is 4.15. The lowest BCUT2D eigenvalue weighted by Crippen LogP contribution is -2.08. The highest BCUT2D eigenvalue weighted by atomic mass is 16.5. The maximum absolute atomic E-state index is 5.87. The Morgan fingerprint density at radius 2 is 2.00 bits per heavy atom. The van der Waals surface area contributed by atoms with Crippen LogP contribution >= 0.6 is 0 Å². The van der Waals surface area contributed by atoms with Gasteiger partial charge in [-0.15, -0.1) is 0 Å². The molecule has 0 atom stereocenters. The van der Waals surface area contributed by atoms with E-state index in [1.807, 2.05) is 0 Å². The molecule has 0 aromatic carbocycles. The second-order valence-corrected chi connectivity index (χ2v) is 6.11. The lowest BCUT2D eigenvalue weighted by molar-refractivity contribution is 0.335. The fraction of sp³-hybridized carbons (Fsp3) is 0.800. The number of anilines is 1. The molecular weight excluding hydrogens is 224 g/mol. The van der Waals surface area contributed by atoms with Gasteiger partial charge in [-0.25, -0.2) is 0 Å². The van der Waals surface area contributed by atoms with Crippen molar-refractivity contribution >= 4 is 5.88 Å². The Hall–Kier alpha value is -0.990. The van der Waals surface area contributed by atoms with Gasteiger partial charge in [-0.2, -0.15) is 0 Å². The van der Waals surface area contributed by atoms with Crippen molar-refractivity contribution in [3.63, 3.8) is 0 Å². The zero-order chi connectivity index (χ0) is 13.0. The summed E-state index contributed by atoms with van der Waals surface area (Å²) >= 11 is 0. The molecule has 1 fully saturated rings. The van der Waals surface area contributed by atoms with Gasteiger partial charge in [0.15, 0.2) is 0 Å². The predicted molar refractivity (Wildman–Crippen MR) is 74.4 cm³/mol. The van der Waals surface area contributed by atoms with Gasteiger partial charge in [0.25, 0.3) is 0 Å². The SMILES string of the molecule is CC(C)Cc1c(CCC2CCCCC2)noc1N. The van der Waals surface area contributed by atoms with Crippen LogP contribution in [0.25, 0.3) is 0 Å². The molecule has 1 heterocycles. The molecule has 1 saturated carbocycles. The fourth-order valence-electron chi connectivity index (χ4n) is 3.00. The van der Waals surface area contributed by atoms with Crippen LogP contribution in [0.4, 0.5) is 5.88 Å². The van der Waals surface area contributed by atoms with Crippen molar-refractivity contribution in [1.82, 2.24) is 5.16 Å². The summed E-state index contributed by atoms with van der Waals surface area (Å²) in [5.41, 5.74) is 8.13. The normalized spacial score (nSPS) is 17.5. The molecule has 0 unspecified atom stereocenters. The van der Waals surface area contributed by atoms with Gasteiger partial charge in [0, 0.05) is 5.56 Å². The maximum Gasteiger partial charge on any atom is 0.225 e. The maximum atomic E-state index is 5.87. The molecule has 0 spiro atoms. The van der Waals surface area contributed by atoms with Gasteiger partial charge in [0.05, 0.1) is 5.69 Å². The van der Waals surface area contributed by atoms with Crippen LogP contribution in [0.3, 0.4) is 0 Å². The van der Waals surface area contributed by atoms with E-state index in [1.165, 1.54) is 38.5 Å². The molecular formula is C15H26N2O. The van der Waals surface area contributed by atoms with Gasteiger partial charge in [-0.1, -0.05) is 51.1 Å². The summed E-state index contributed by atoms with van der Waals surface area (Å²) in [6, 6.07) is 0.